The van der Waals surface area contributed by atoms with Gasteiger partial charge in [-0.25, -0.2) is 8.42 Å². The maximum absolute atomic E-state index is 13.5. The lowest BCUT2D eigenvalue weighted by molar-refractivity contribution is -0.127. The van der Waals surface area contributed by atoms with E-state index >= 15 is 0 Å². The minimum Gasteiger partial charge on any atom is -0.477 e. The van der Waals surface area contributed by atoms with Gasteiger partial charge in [0, 0.05) is 19.2 Å². The molecule has 1 N–H and O–H groups in total. The normalized spacial score (nSPS) is 16.9. The number of nitrogens with zero attached hydrogens (tertiary/aromatic N) is 2. The van der Waals surface area contributed by atoms with Crippen LogP contribution in [0.1, 0.15) is 15.9 Å². The van der Waals surface area contributed by atoms with Crippen LogP contribution in [-0.4, -0.2) is 46.5 Å². The second kappa shape index (κ2) is 8.49. The Labute approximate surface area is 197 Å². The molecule has 2 aliphatic heterocycles. The lowest BCUT2D eigenvalue weighted by Crippen LogP contribution is -2.50. The standard InChI is InChI=1S/C25H23N3O5S/c1-26-24(29)23-16-27(21-11-4-5-12-22(21)33-23)25(30)18-8-6-9-19(15-18)34(31,32)28-14-13-17-7-2-3-10-20(17)28/h2-12,15,23H,13-14,16H2,1H3,(H,26,29)/t23-/m1/s1. The lowest BCUT2D eigenvalue weighted by atomic mass is 10.1. The minimum atomic E-state index is -3.85. The molecule has 0 spiro atoms. The largest absolute Gasteiger partial charge is 0.477 e. The third-order valence-corrected chi connectivity index (χ3v) is 7.88. The third-order valence-electron chi connectivity index (χ3n) is 6.07. The highest BCUT2D eigenvalue weighted by molar-refractivity contribution is 7.92. The molecule has 0 saturated carbocycles. The molecule has 5 rings (SSSR count). The number of hydrogen-bond donors (Lipinski definition) is 1. The molecule has 3 aromatic rings. The maximum atomic E-state index is 13.5. The van der Waals surface area contributed by atoms with Crippen molar-refractivity contribution in [2.45, 2.75) is 17.4 Å². The molecule has 174 valence electrons. The monoisotopic (exact) mass is 477 g/mol. The van der Waals surface area contributed by atoms with E-state index in [-0.39, 0.29) is 22.9 Å². The van der Waals surface area contributed by atoms with E-state index in [0.717, 1.165) is 5.56 Å². The van der Waals surface area contributed by atoms with Crippen molar-refractivity contribution in [3.8, 4) is 5.75 Å². The van der Waals surface area contributed by atoms with Gasteiger partial charge in [0.05, 0.1) is 22.8 Å². The molecule has 2 heterocycles. The Balaban J connectivity index is 1.49. The summed E-state index contributed by atoms with van der Waals surface area (Å²) in [5, 5.41) is 2.55. The quantitative estimate of drug-likeness (QED) is 0.623. The summed E-state index contributed by atoms with van der Waals surface area (Å²) in [4.78, 5) is 27.3. The number of benzene rings is 3. The van der Waals surface area contributed by atoms with E-state index in [4.69, 9.17) is 4.74 Å². The fraction of sp³-hybridized carbons (Fsp3) is 0.200. The van der Waals surface area contributed by atoms with Crippen LogP contribution in [0.3, 0.4) is 0 Å². The maximum Gasteiger partial charge on any atom is 0.264 e. The predicted octanol–water partition coefficient (Wildman–Crippen LogP) is 2.59. The number of sulfonamides is 1. The number of rotatable bonds is 4. The molecule has 0 bridgehead atoms. The molecule has 2 amide bonds. The molecule has 3 aromatic carbocycles. The summed E-state index contributed by atoms with van der Waals surface area (Å²) < 4.78 is 34.1. The number of amides is 2. The molecular formula is C25H23N3O5S. The molecule has 0 saturated heterocycles. The summed E-state index contributed by atoms with van der Waals surface area (Å²) in [6, 6.07) is 20.4. The van der Waals surface area contributed by atoms with Crippen molar-refractivity contribution in [1.82, 2.24) is 5.32 Å². The van der Waals surface area contributed by atoms with Gasteiger partial charge in [-0.2, -0.15) is 0 Å². The SMILES string of the molecule is CNC(=O)[C@H]1CN(C(=O)c2cccc(S(=O)(=O)N3CCc4ccccc43)c2)c2ccccc2O1. The predicted molar refractivity (Wildman–Crippen MR) is 128 cm³/mol. The van der Waals surface area contributed by atoms with E-state index in [2.05, 4.69) is 5.32 Å². The zero-order valence-electron chi connectivity index (χ0n) is 18.5. The number of ether oxygens (including phenoxy) is 1. The smallest absolute Gasteiger partial charge is 0.264 e. The van der Waals surface area contributed by atoms with E-state index in [1.165, 1.54) is 28.4 Å². The van der Waals surface area contributed by atoms with Gasteiger partial charge in [-0.15, -0.1) is 0 Å². The second-order valence-electron chi connectivity index (χ2n) is 8.09. The number of fused-ring (bicyclic) bond motifs is 2. The van der Waals surface area contributed by atoms with Crippen LogP contribution in [0.15, 0.2) is 77.7 Å². The highest BCUT2D eigenvalue weighted by atomic mass is 32.2. The van der Waals surface area contributed by atoms with Gasteiger partial charge in [-0.1, -0.05) is 36.4 Å². The molecular weight excluding hydrogens is 454 g/mol. The van der Waals surface area contributed by atoms with Crippen LogP contribution in [0.4, 0.5) is 11.4 Å². The van der Waals surface area contributed by atoms with Gasteiger partial charge in [-0.3, -0.25) is 13.9 Å². The van der Waals surface area contributed by atoms with Crippen LogP contribution in [0.5, 0.6) is 5.75 Å². The van der Waals surface area contributed by atoms with Crippen molar-refractivity contribution >= 4 is 33.2 Å². The Morgan fingerprint density at radius 3 is 2.50 bits per heavy atom. The van der Waals surface area contributed by atoms with E-state index < -0.39 is 22.0 Å². The minimum absolute atomic E-state index is 0.00595. The summed E-state index contributed by atoms with van der Waals surface area (Å²) in [5.41, 5.74) is 2.37. The molecule has 0 radical (unpaired) electrons. The molecule has 0 unspecified atom stereocenters. The Bertz CT molecular complexity index is 1390. The average molecular weight is 478 g/mol. The lowest BCUT2D eigenvalue weighted by Gasteiger charge is -2.34. The number of carbonyl (C=O) groups is 2. The fourth-order valence-electron chi connectivity index (χ4n) is 4.35. The number of carbonyl (C=O) groups excluding carboxylic acids is 2. The van der Waals surface area contributed by atoms with Crippen molar-refractivity contribution in [1.29, 1.82) is 0 Å². The zero-order valence-corrected chi connectivity index (χ0v) is 19.3. The molecule has 2 aliphatic rings. The number of hydrogen-bond acceptors (Lipinski definition) is 5. The zero-order chi connectivity index (χ0) is 23.9. The number of likely N-dealkylation sites (N-methyl/N-ethyl adjacent to an activating group) is 1. The second-order valence-corrected chi connectivity index (χ2v) is 9.95. The van der Waals surface area contributed by atoms with Gasteiger partial charge in [0.15, 0.2) is 6.10 Å². The summed E-state index contributed by atoms with van der Waals surface area (Å²) in [5.74, 6) is -0.354. The van der Waals surface area contributed by atoms with Crippen molar-refractivity contribution < 1.29 is 22.7 Å². The van der Waals surface area contributed by atoms with Crippen molar-refractivity contribution in [3.63, 3.8) is 0 Å². The molecule has 0 aromatic heterocycles. The van der Waals surface area contributed by atoms with Gasteiger partial charge in [0.2, 0.25) is 0 Å². The summed E-state index contributed by atoms with van der Waals surface area (Å²) in [7, 11) is -2.35. The first-order valence-electron chi connectivity index (χ1n) is 10.9. The third kappa shape index (κ3) is 3.67. The van der Waals surface area contributed by atoms with Gasteiger partial charge >= 0.3 is 0 Å². The summed E-state index contributed by atoms with van der Waals surface area (Å²) >= 11 is 0. The molecule has 1 atom stereocenters. The van der Waals surface area contributed by atoms with Gasteiger partial charge in [-0.05, 0) is 48.4 Å². The molecule has 0 fully saturated rings. The Kier molecular flexibility index (Phi) is 5.49. The van der Waals surface area contributed by atoms with E-state index in [9.17, 15) is 18.0 Å². The Hall–Kier alpha value is -3.85. The highest BCUT2D eigenvalue weighted by Gasteiger charge is 2.35. The van der Waals surface area contributed by atoms with E-state index in [1.807, 2.05) is 18.2 Å². The van der Waals surface area contributed by atoms with Gasteiger partial charge in [0.25, 0.3) is 21.8 Å². The van der Waals surface area contributed by atoms with Crippen molar-refractivity contribution in [2.75, 3.05) is 29.3 Å². The van der Waals surface area contributed by atoms with Crippen LogP contribution in [0, 0.1) is 0 Å². The van der Waals surface area contributed by atoms with Crippen LogP contribution in [-0.2, 0) is 21.2 Å². The van der Waals surface area contributed by atoms with Crippen LogP contribution < -0.4 is 19.3 Å². The van der Waals surface area contributed by atoms with Crippen LogP contribution in [0.2, 0.25) is 0 Å². The van der Waals surface area contributed by atoms with Crippen molar-refractivity contribution in [3.05, 3.63) is 83.9 Å². The number of anilines is 2. The molecule has 8 nitrogen and oxygen atoms in total. The van der Waals surface area contributed by atoms with E-state index in [0.29, 0.717) is 30.1 Å². The average Bonchev–Trinajstić information content (AvgIpc) is 3.32. The number of para-hydroxylation sites is 3. The topological polar surface area (TPSA) is 96.0 Å². The fourth-order valence-corrected chi connectivity index (χ4v) is 5.90. The number of nitrogens with one attached hydrogen (secondary N) is 1. The molecule has 34 heavy (non-hydrogen) atoms. The summed E-state index contributed by atoms with van der Waals surface area (Å²) in [6.07, 6.45) is -0.240. The Morgan fingerprint density at radius 2 is 1.71 bits per heavy atom. The Morgan fingerprint density at radius 1 is 0.971 bits per heavy atom. The van der Waals surface area contributed by atoms with Gasteiger partial charge in [0.1, 0.15) is 5.75 Å². The van der Waals surface area contributed by atoms with Gasteiger partial charge < -0.3 is 15.0 Å². The van der Waals surface area contributed by atoms with E-state index in [1.54, 1.807) is 42.5 Å². The summed E-state index contributed by atoms with van der Waals surface area (Å²) in [6.45, 7) is 0.358. The highest BCUT2D eigenvalue weighted by Crippen LogP contribution is 2.35. The van der Waals surface area contributed by atoms with Crippen molar-refractivity contribution in [2.24, 2.45) is 0 Å². The first-order chi connectivity index (χ1) is 16.4. The van der Waals surface area contributed by atoms with Crippen LogP contribution >= 0.6 is 0 Å². The first-order valence-corrected chi connectivity index (χ1v) is 12.3. The first kappa shape index (κ1) is 22.0. The molecule has 0 aliphatic carbocycles. The van der Waals surface area contributed by atoms with Crippen LogP contribution in [0.25, 0.3) is 0 Å². The molecule has 9 heteroatoms.